The van der Waals surface area contributed by atoms with Crippen molar-refractivity contribution in [3.63, 3.8) is 0 Å². The third kappa shape index (κ3) is 2.97. The molecular weight excluding hydrogens is 260 g/mol. The zero-order chi connectivity index (χ0) is 14.7. The minimum atomic E-state index is -0.490. The number of nitrogens with zero attached hydrogens (tertiary/aromatic N) is 1. The van der Waals surface area contributed by atoms with E-state index in [-0.39, 0.29) is 31.6 Å². The van der Waals surface area contributed by atoms with Crippen molar-refractivity contribution in [1.82, 2.24) is 4.90 Å². The van der Waals surface area contributed by atoms with Gasteiger partial charge < -0.3 is 15.2 Å². The number of morpholine rings is 1. The molecule has 0 bridgehead atoms. The number of imide groups is 1. The lowest BCUT2D eigenvalue weighted by molar-refractivity contribution is -0.158. The maximum atomic E-state index is 11.7. The molecule has 20 heavy (non-hydrogen) atoms. The van der Waals surface area contributed by atoms with Crippen LogP contribution in [0.4, 0.5) is 0 Å². The van der Waals surface area contributed by atoms with Crippen LogP contribution in [0, 0.1) is 6.92 Å². The first-order valence-corrected chi connectivity index (χ1v) is 6.34. The SMILES string of the molecule is COc1ccc(C)cc1C(N)CN1C(=O)COCC1=O. The first-order valence-electron chi connectivity index (χ1n) is 6.34. The van der Waals surface area contributed by atoms with E-state index >= 15 is 0 Å². The highest BCUT2D eigenvalue weighted by Gasteiger charge is 2.29. The van der Waals surface area contributed by atoms with Crippen LogP contribution in [0.2, 0.25) is 0 Å². The van der Waals surface area contributed by atoms with Crippen molar-refractivity contribution in [2.24, 2.45) is 5.73 Å². The summed E-state index contributed by atoms with van der Waals surface area (Å²) in [5, 5.41) is 0. The Morgan fingerprint density at radius 2 is 2.00 bits per heavy atom. The molecule has 2 amide bonds. The predicted octanol–water partition coefficient (Wildman–Crippen LogP) is 0.389. The van der Waals surface area contributed by atoms with Crippen LogP contribution in [0.15, 0.2) is 18.2 Å². The van der Waals surface area contributed by atoms with E-state index in [4.69, 9.17) is 15.2 Å². The summed E-state index contributed by atoms with van der Waals surface area (Å²) >= 11 is 0. The van der Waals surface area contributed by atoms with Gasteiger partial charge in [0.1, 0.15) is 19.0 Å². The fourth-order valence-electron chi connectivity index (χ4n) is 2.16. The van der Waals surface area contributed by atoms with Crippen molar-refractivity contribution in [3.8, 4) is 5.75 Å². The Morgan fingerprint density at radius 1 is 1.35 bits per heavy atom. The molecule has 1 aliphatic rings. The average Bonchev–Trinajstić information content (AvgIpc) is 2.43. The quantitative estimate of drug-likeness (QED) is 0.806. The van der Waals surface area contributed by atoms with Crippen molar-refractivity contribution in [2.45, 2.75) is 13.0 Å². The zero-order valence-electron chi connectivity index (χ0n) is 11.6. The second-order valence-electron chi connectivity index (χ2n) is 4.74. The van der Waals surface area contributed by atoms with Crippen LogP contribution in [-0.2, 0) is 14.3 Å². The van der Waals surface area contributed by atoms with Crippen LogP contribution in [0.5, 0.6) is 5.75 Å². The van der Waals surface area contributed by atoms with E-state index in [0.29, 0.717) is 5.75 Å². The van der Waals surface area contributed by atoms with E-state index in [1.54, 1.807) is 7.11 Å². The molecule has 2 rings (SSSR count). The van der Waals surface area contributed by atoms with Crippen LogP contribution in [0.1, 0.15) is 17.2 Å². The van der Waals surface area contributed by atoms with Crippen LogP contribution in [0.25, 0.3) is 0 Å². The van der Waals surface area contributed by atoms with Gasteiger partial charge in [-0.25, -0.2) is 0 Å². The number of hydrogen-bond acceptors (Lipinski definition) is 5. The zero-order valence-corrected chi connectivity index (χ0v) is 11.6. The van der Waals surface area contributed by atoms with Gasteiger partial charge in [0.05, 0.1) is 13.2 Å². The minimum absolute atomic E-state index is 0.0799. The molecule has 1 aromatic rings. The first kappa shape index (κ1) is 14.5. The lowest BCUT2D eigenvalue weighted by Crippen LogP contribution is -2.48. The summed E-state index contributed by atoms with van der Waals surface area (Å²) in [6.45, 7) is 1.91. The van der Waals surface area contributed by atoms with Crippen molar-refractivity contribution in [1.29, 1.82) is 0 Å². The molecule has 1 unspecified atom stereocenters. The highest BCUT2D eigenvalue weighted by atomic mass is 16.5. The summed E-state index contributed by atoms with van der Waals surface area (Å²) in [4.78, 5) is 24.5. The molecule has 1 atom stereocenters. The van der Waals surface area contributed by atoms with Crippen molar-refractivity contribution in [2.75, 3.05) is 26.9 Å². The number of nitrogens with two attached hydrogens (primary N) is 1. The van der Waals surface area contributed by atoms with Gasteiger partial charge in [-0.05, 0) is 13.0 Å². The molecule has 6 heteroatoms. The molecule has 1 aromatic carbocycles. The van der Waals surface area contributed by atoms with Gasteiger partial charge in [-0.15, -0.1) is 0 Å². The Balaban J connectivity index is 2.19. The van der Waals surface area contributed by atoms with E-state index in [1.165, 1.54) is 0 Å². The maximum Gasteiger partial charge on any atom is 0.255 e. The van der Waals surface area contributed by atoms with Gasteiger partial charge in [0.2, 0.25) is 0 Å². The lowest BCUT2D eigenvalue weighted by Gasteiger charge is -2.28. The molecule has 1 fully saturated rings. The van der Waals surface area contributed by atoms with Crippen molar-refractivity contribution in [3.05, 3.63) is 29.3 Å². The molecular formula is C14H18N2O4. The summed E-state index contributed by atoms with van der Waals surface area (Å²) in [5.41, 5.74) is 7.94. The summed E-state index contributed by atoms with van der Waals surface area (Å²) in [7, 11) is 1.56. The Bertz CT molecular complexity index is 514. The number of benzene rings is 1. The van der Waals surface area contributed by atoms with E-state index in [9.17, 15) is 9.59 Å². The molecule has 1 saturated heterocycles. The second-order valence-corrected chi connectivity index (χ2v) is 4.74. The normalized spacial score (nSPS) is 17.2. The number of ether oxygens (including phenoxy) is 2. The molecule has 1 heterocycles. The fraction of sp³-hybridized carbons (Fsp3) is 0.429. The van der Waals surface area contributed by atoms with Gasteiger partial charge in [0.15, 0.2) is 0 Å². The largest absolute Gasteiger partial charge is 0.496 e. The predicted molar refractivity (Wildman–Crippen MR) is 72.2 cm³/mol. The third-order valence-corrected chi connectivity index (χ3v) is 3.22. The van der Waals surface area contributed by atoms with Crippen LogP contribution in [0.3, 0.4) is 0 Å². The topological polar surface area (TPSA) is 81.9 Å². The van der Waals surface area contributed by atoms with Gasteiger partial charge in [-0.1, -0.05) is 17.7 Å². The summed E-state index contributed by atoms with van der Waals surface area (Å²) in [6, 6.07) is 5.16. The number of carbonyl (C=O) groups excluding carboxylic acids is 2. The van der Waals surface area contributed by atoms with Gasteiger partial charge in [0, 0.05) is 12.1 Å². The molecule has 2 N–H and O–H groups in total. The number of aryl methyl sites for hydroxylation is 1. The number of carbonyl (C=O) groups is 2. The smallest absolute Gasteiger partial charge is 0.255 e. The van der Waals surface area contributed by atoms with Gasteiger partial charge in [-0.3, -0.25) is 14.5 Å². The van der Waals surface area contributed by atoms with Gasteiger partial charge in [-0.2, -0.15) is 0 Å². The van der Waals surface area contributed by atoms with Gasteiger partial charge in [0.25, 0.3) is 11.8 Å². The molecule has 1 aliphatic heterocycles. The van der Waals surface area contributed by atoms with Crippen LogP contribution >= 0.6 is 0 Å². The monoisotopic (exact) mass is 278 g/mol. The fourth-order valence-corrected chi connectivity index (χ4v) is 2.16. The lowest BCUT2D eigenvalue weighted by atomic mass is 10.0. The maximum absolute atomic E-state index is 11.7. The third-order valence-electron chi connectivity index (χ3n) is 3.22. The number of rotatable bonds is 4. The van der Waals surface area contributed by atoms with E-state index in [2.05, 4.69) is 0 Å². The minimum Gasteiger partial charge on any atom is -0.496 e. The first-order chi connectivity index (χ1) is 9.52. The van der Waals surface area contributed by atoms with Crippen molar-refractivity contribution >= 4 is 11.8 Å². The molecule has 6 nitrogen and oxygen atoms in total. The Labute approximate surface area is 117 Å². The Hall–Kier alpha value is -1.92. The summed E-state index contributed by atoms with van der Waals surface area (Å²) in [5.74, 6) is -0.0668. The highest BCUT2D eigenvalue weighted by molar-refractivity contribution is 5.98. The summed E-state index contributed by atoms with van der Waals surface area (Å²) < 4.78 is 10.1. The molecule has 0 saturated carbocycles. The molecule has 0 spiro atoms. The standard InChI is InChI=1S/C14H18N2O4/c1-9-3-4-12(19-2)10(5-9)11(15)6-16-13(17)7-20-8-14(16)18/h3-5,11H,6-8,15H2,1-2H3. The number of hydrogen-bond donors (Lipinski definition) is 1. The molecule has 0 aliphatic carbocycles. The van der Waals surface area contributed by atoms with E-state index < -0.39 is 6.04 Å². The molecule has 0 radical (unpaired) electrons. The van der Waals surface area contributed by atoms with Crippen LogP contribution < -0.4 is 10.5 Å². The van der Waals surface area contributed by atoms with E-state index in [1.807, 2.05) is 25.1 Å². The Kier molecular flexibility index (Phi) is 4.36. The molecule has 108 valence electrons. The molecule has 0 aromatic heterocycles. The Morgan fingerprint density at radius 3 is 2.60 bits per heavy atom. The number of methoxy groups -OCH3 is 1. The second kappa shape index (κ2) is 6.02. The van der Waals surface area contributed by atoms with Crippen molar-refractivity contribution < 1.29 is 19.1 Å². The highest BCUT2D eigenvalue weighted by Crippen LogP contribution is 2.25. The number of amides is 2. The average molecular weight is 278 g/mol. The summed E-state index contributed by atoms with van der Waals surface area (Å²) in [6.07, 6.45) is 0. The van der Waals surface area contributed by atoms with Gasteiger partial charge >= 0.3 is 0 Å². The van der Waals surface area contributed by atoms with Crippen LogP contribution in [-0.4, -0.2) is 43.6 Å². The van der Waals surface area contributed by atoms with E-state index in [0.717, 1.165) is 16.0 Å².